The minimum absolute atomic E-state index is 0.289. The second-order valence-corrected chi connectivity index (χ2v) is 5.50. The van der Waals surface area contributed by atoms with Gasteiger partial charge < -0.3 is 10.1 Å². The lowest BCUT2D eigenvalue weighted by molar-refractivity contribution is 0.175. The van der Waals surface area contributed by atoms with Crippen molar-refractivity contribution in [3.8, 4) is 0 Å². The van der Waals surface area contributed by atoms with Crippen LogP contribution in [0.5, 0.6) is 0 Å². The van der Waals surface area contributed by atoms with Crippen LogP contribution in [-0.4, -0.2) is 25.2 Å². The van der Waals surface area contributed by atoms with Gasteiger partial charge >= 0.3 is 0 Å². The van der Waals surface area contributed by atoms with Crippen LogP contribution < -0.4 is 5.32 Å². The average molecular weight is 303 g/mol. The molecular formula is C12H16BrFN2O. The number of rotatable bonds is 6. The zero-order chi connectivity index (χ0) is 12.3. The number of ether oxygens (including phenoxy) is 1. The molecule has 1 N–H and O–H groups in total. The fourth-order valence-electron chi connectivity index (χ4n) is 1.83. The molecule has 1 aliphatic carbocycles. The second kappa shape index (κ2) is 5.31. The number of nitrogens with one attached hydrogen (secondary N) is 1. The Morgan fingerprint density at radius 2 is 2.35 bits per heavy atom. The number of anilines is 1. The van der Waals surface area contributed by atoms with Crippen molar-refractivity contribution in [3.63, 3.8) is 0 Å². The highest BCUT2D eigenvalue weighted by molar-refractivity contribution is 9.10. The van der Waals surface area contributed by atoms with Crippen molar-refractivity contribution in [2.75, 3.05) is 25.6 Å². The summed E-state index contributed by atoms with van der Waals surface area (Å²) < 4.78 is 19.3. The Bertz CT molecular complexity index is 396. The standard InChI is InChI=1S/C12H16BrFN2O/c1-17-5-4-12(2-3-12)8-16-11-10(14)6-9(13)7-15-11/h6-7H,2-5,8H2,1H3,(H,15,16). The van der Waals surface area contributed by atoms with Crippen LogP contribution in [0, 0.1) is 11.2 Å². The smallest absolute Gasteiger partial charge is 0.166 e. The highest BCUT2D eigenvalue weighted by Crippen LogP contribution is 2.48. The van der Waals surface area contributed by atoms with Crippen molar-refractivity contribution in [1.29, 1.82) is 0 Å². The third-order valence-electron chi connectivity index (χ3n) is 3.23. The number of hydrogen-bond donors (Lipinski definition) is 1. The predicted molar refractivity (Wildman–Crippen MR) is 68.5 cm³/mol. The molecule has 1 saturated carbocycles. The van der Waals surface area contributed by atoms with Gasteiger partial charge in [0.1, 0.15) is 0 Å². The van der Waals surface area contributed by atoms with Crippen LogP contribution >= 0.6 is 15.9 Å². The zero-order valence-electron chi connectivity index (χ0n) is 9.80. The SMILES string of the molecule is COCCC1(CNc2ncc(Br)cc2F)CC1. The van der Waals surface area contributed by atoms with Gasteiger partial charge in [-0.05, 0) is 46.7 Å². The largest absolute Gasteiger partial charge is 0.385 e. The van der Waals surface area contributed by atoms with E-state index in [1.54, 1.807) is 13.3 Å². The van der Waals surface area contributed by atoms with E-state index in [-0.39, 0.29) is 11.2 Å². The lowest BCUT2D eigenvalue weighted by atomic mass is 10.0. The molecule has 0 aromatic carbocycles. The van der Waals surface area contributed by atoms with Crippen molar-refractivity contribution >= 4 is 21.7 Å². The maximum Gasteiger partial charge on any atom is 0.166 e. The molecule has 17 heavy (non-hydrogen) atoms. The van der Waals surface area contributed by atoms with Gasteiger partial charge in [-0.1, -0.05) is 0 Å². The molecule has 1 heterocycles. The van der Waals surface area contributed by atoms with E-state index in [1.807, 2.05) is 0 Å². The van der Waals surface area contributed by atoms with Crippen molar-refractivity contribution in [3.05, 3.63) is 22.6 Å². The van der Waals surface area contributed by atoms with Gasteiger partial charge in [0.15, 0.2) is 11.6 Å². The van der Waals surface area contributed by atoms with Crippen LogP contribution in [0.2, 0.25) is 0 Å². The summed E-state index contributed by atoms with van der Waals surface area (Å²) in [6.07, 6.45) is 4.98. The summed E-state index contributed by atoms with van der Waals surface area (Å²) in [4.78, 5) is 4.02. The summed E-state index contributed by atoms with van der Waals surface area (Å²) in [7, 11) is 1.71. The summed E-state index contributed by atoms with van der Waals surface area (Å²) in [6, 6.07) is 1.42. The van der Waals surface area contributed by atoms with E-state index in [4.69, 9.17) is 4.74 Å². The number of aromatic nitrogens is 1. The second-order valence-electron chi connectivity index (χ2n) is 4.58. The first-order valence-electron chi connectivity index (χ1n) is 5.69. The molecule has 1 aromatic rings. The topological polar surface area (TPSA) is 34.1 Å². The zero-order valence-corrected chi connectivity index (χ0v) is 11.4. The van der Waals surface area contributed by atoms with Crippen molar-refractivity contribution in [1.82, 2.24) is 4.98 Å². The van der Waals surface area contributed by atoms with Crippen molar-refractivity contribution < 1.29 is 9.13 Å². The van der Waals surface area contributed by atoms with E-state index in [0.29, 0.717) is 10.3 Å². The minimum atomic E-state index is -0.318. The minimum Gasteiger partial charge on any atom is -0.385 e. The predicted octanol–water partition coefficient (Wildman–Crippen LogP) is 3.21. The average Bonchev–Trinajstić information content (AvgIpc) is 3.06. The number of pyridine rings is 1. The van der Waals surface area contributed by atoms with E-state index >= 15 is 0 Å². The van der Waals surface area contributed by atoms with Crippen LogP contribution in [0.3, 0.4) is 0 Å². The molecule has 0 bridgehead atoms. The first kappa shape index (κ1) is 12.8. The Morgan fingerprint density at radius 1 is 1.59 bits per heavy atom. The molecule has 94 valence electrons. The Labute approximate surface area is 109 Å². The van der Waals surface area contributed by atoms with Crippen molar-refractivity contribution in [2.24, 2.45) is 5.41 Å². The Morgan fingerprint density at radius 3 is 2.94 bits per heavy atom. The van der Waals surface area contributed by atoms with Gasteiger partial charge in [0.05, 0.1) is 0 Å². The van der Waals surface area contributed by atoms with Gasteiger partial charge in [-0.15, -0.1) is 0 Å². The fourth-order valence-corrected chi connectivity index (χ4v) is 2.13. The van der Waals surface area contributed by atoms with E-state index in [0.717, 1.165) is 19.6 Å². The summed E-state index contributed by atoms with van der Waals surface area (Å²) in [5, 5.41) is 3.09. The van der Waals surface area contributed by atoms with Crippen LogP contribution in [-0.2, 0) is 4.74 Å². The summed E-state index contributed by atoms with van der Waals surface area (Å²) in [5.74, 6) is 0.0128. The molecule has 0 spiro atoms. The molecular weight excluding hydrogens is 287 g/mol. The Kier molecular flexibility index (Phi) is 3.99. The lowest BCUT2D eigenvalue weighted by Gasteiger charge is -2.16. The molecule has 0 unspecified atom stereocenters. The number of hydrogen-bond acceptors (Lipinski definition) is 3. The van der Waals surface area contributed by atoms with Crippen LogP contribution in [0.4, 0.5) is 10.2 Å². The molecule has 0 radical (unpaired) electrons. The number of halogens is 2. The van der Waals surface area contributed by atoms with Gasteiger partial charge in [-0.3, -0.25) is 0 Å². The molecule has 1 aliphatic rings. The Balaban J connectivity index is 1.89. The van der Waals surface area contributed by atoms with Gasteiger partial charge in [0.25, 0.3) is 0 Å². The van der Waals surface area contributed by atoms with Crippen LogP contribution in [0.15, 0.2) is 16.7 Å². The van der Waals surface area contributed by atoms with Gasteiger partial charge in [0, 0.05) is 30.9 Å². The van der Waals surface area contributed by atoms with Crippen LogP contribution in [0.25, 0.3) is 0 Å². The maximum atomic E-state index is 13.5. The summed E-state index contributed by atoms with van der Waals surface area (Å²) >= 11 is 3.19. The molecule has 0 atom stereocenters. The molecule has 1 fully saturated rings. The van der Waals surface area contributed by atoms with E-state index in [9.17, 15) is 4.39 Å². The third-order valence-corrected chi connectivity index (χ3v) is 3.67. The first-order chi connectivity index (χ1) is 8.15. The van der Waals surface area contributed by atoms with Gasteiger partial charge in [0.2, 0.25) is 0 Å². The third kappa shape index (κ3) is 3.39. The highest BCUT2D eigenvalue weighted by Gasteiger charge is 2.41. The van der Waals surface area contributed by atoms with Crippen LogP contribution in [0.1, 0.15) is 19.3 Å². The number of methoxy groups -OCH3 is 1. The molecule has 0 amide bonds. The Hall–Kier alpha value is -0.680. The van der Waals surface area contributed by atoms with Gasteiger partial charge in [-0.25, -0.2) is 9.37 Å². The van der Waals surface area contributed by atoms with E-state index in [1.165, 1.54) is 18.9 Å². The normalized spacial score (nSPS) is 16.9. The fraction of sp³-hybridized carbons (Fsp3) is 0.583. The quantitative estimate of drug-likeness (QED) is 0.876. The summed E-state index contributed by atoms with van der Waals surface area (Å²) in [6.45, 7) is 1.53. The molecule has 2 rings (SSSR count). The van der Waals surface area contributed by atoms with Crippen molar-refractivity contribution in [2.45, 2.75) is 19.3 Å². The first-order valence-corrected chi connectivity index (χ1v) is 6.48. The van der Waals surface area contributed by atoms with E-state index < -0.39 is 0 Å². The maximum absolute atomic E-state index is 13.5. The molecule has 5 heteroatoms. The molecule has 0 aliphatic heterocycles. The number of nitrogens with zero attached hydrogens (tertiary/aromatic N) is 1. The summed E-state index contributed by atoms with van der Waals surface area (Å²) in [5.41, 5.74) is 0.289. The molecule has 1 aromatic heterocycles. The molecule has 3 nitrogen and oxygen atoms in total. The lowest BCUT2D eigenvalue weighted by Crippen LogP contribution is -2.18. The highest BCUT2D eigenvalue weighted by atomic mass is 79.9. The monoisotopic (exact) mass is 302 g/mol. The van der Waals surface area contributed by atoms with Gasteiger partial charge in [-0.2, -0.15) is 0 Å². The van der Waals surface area contributed by atoms with E-state index in [2.05, 4.69) is 26.2 Å². The molecule has 0 saturated heterocycles.